The van der Waals surface area contributed by atoms with Crippen LogP contribution in [0.3, 0.4) is 0 Å². The van der Waals surface area contributed by atoms with Gasteiger partial charge in [0.25, 0.3) is 5.91 Å². The molecule has 178 valence electrons. The van der Waals surface area contributed by atoms with Crippen molar-refractivity contribution in [2.75, 3.05) is 25.6 Å². The second-order valence-corrected chi connectivity index (χ2v) is 7.55. The fourth-order valence-corrected chi connectivity index (χ4v) is 3.50. The number of ether oxygens (including phenoxy) is 4. The minimum absolute atomic E-state index is 0.117. The summed E-state index contributed by atoms with van der Waals surface area (Å²) in [6, 6.07) is 8.97. The maximum atomic E-state index is 12.9. The summed E-state index contributed by atoms with van der Waals surface area (Å²) in [5, 5.41) is 4.58. The number of nitrogens with one attached hydrogen (secondary N) is 1. The highest BCUT2D eigenvalue weighted by atomic mass is 32.1. The average Bonchev–Trinajstić information content (AvgIpc) is 3.36. The number of hydrogen-bond donors (Lipinski definition) is 1. The molecule has 1 heterocycles. The van der Waals surface area contributed by atoms with E-state index in [1.165, 1.54) is 42.7 Å². The Bertz CT molecular complexity index is 1130. The van der Waals surface area contributed by atoms with E-state index in [4.69, 9.17) is 18.9 Å². The molecular weight excluding hydrogens is 460 g/mol. The number of hydrogen-bond acceptors (Lipinski definition) is 9. The minimum Gasteiger partial charge on any atom is -0.493 e. The van der Waals surface area contributed by atoms with E-state index >= 15 is 0 Å². The van der Waals surface area contributed by atoms with Crippen molar-refractivity contribution < 1.29 is 33.3 Å². The zero-order valence-electron chi connectivity index (χ0n) is 19.0. The van der Waals surface area contributed by atoms with Crippen LogP contribution in [0.5, 0.6) is 11.5 Å². The molecular formula is C24H24N2O7S. The Balaban J connectivity index is 1.81. The molecule has 0 saturated heterocycles. The molecule has 0 aliphatic carbocycles. The fourth-order valence-electron chi connectivity index (χ4n) is 2.96. The van der Waals surface area contributed by atoms with E-state index in [1.54, 1.807) is 31.5 Å². The highest BCUT2D eigenvalue weighted by molar-refractivity contribution is 7.07. The lowest BCUT2D eigenvalue weighted by Crippen LogP contribution is -2.15. The van der Waals surface area contributed by atoms with E-state index in [1.807, 2.05) is 5.38 Å². The van der Waals surface area contributed by atoms with Crippen molar-refractivity contribution in [2.24, 2.45) is 0 Å². The van der Waals surface area contributed by atoms with Gasteiger partial charge >= 0.3 is 11.9 Å². The summed E-state index contributed by atoms with van der Waals surface area (Å²) >= 11 is 1.47. The SMILES string of the molecule is CCOC(=O)c1cc(NC(=O)c2ccc(OCc3cscn3)c(OC)c2)cc(C(=O)OCC)c1. The Morgan fingerprint density at radius 3 is 2.15 bits per heavy atom. The third-order valence-corrected chi connectivity index (χ3v) is 5.13. The molecule has 9 nitrogen and oxygen atoms in total. The molecule has 0 atom stereocenters. The number of carbonyl (C=O) groups excluding carboxylic acids is 3. The highest BCUT2D eigenvalue weighted by Gasteiger charge is 2.17. The van der Waals surface area contributed by atoms with Crippen molar-refractivity contribution in [1.29, 1.82) is 0 Å². The Kier molecular flexibility index (Phi) is 8.58. The van der Waals surface area contributed by atoms with E-state index < -0.39 is 17.8 Å². The molecule has 0 spiro atoms. The molecule has 0 aliphatic heterocycles. The molecule has 3 rings (SSSR count). The van der Waals surface area contributed by atoms with Crippen LogP contribution >= 0.6 is 11.3 Å². The standard InChI is InChI=1S/C24H24N2O7S/c1-4-31-23(28)16-8-17(24(29)32-5-2)10-18(9-16)26-22(27)15-6-7-20(21(11-15)30-3)33-12-19-13-34-14-25-19/h6-11,13-14H,4-5,12H2,1-3H3,(H,26,27). The van der Waals surface area contributed by atoms with Crippen LogP contribution in [0.4, 0.5) is 5.69 Å². The largest absolute Gasteiger partial charge is 0.493 e. The van der Waals surface area contributed by atoms with Crippen LogP contribution in [-0.4, -0.2) is 43.2 Å². The number of aromatic nitrogens is 1. The van der Waals surface area contributed by atoms with E-state index in [2.05, 4.69) is 10.3 Å². The molecule has 0 radical (unpaired) electrons. The van der Waals surface area contributed by atoms with Gasteiger partial charge < -0.3 is 24.3 Å². The molecule has 2 aromatic carbocycles. The lowest BCUT2D eigenvalue weighted by molar-refractivity contribution is 0.0525. The summed E-state index contributed by atoms with van der Waals surface area (Å²) in [5.74, 6) is -0.878. The third kappa shape index (κ3) is 6.32. The lowest BCUT2D eigenvalue weighted by Gasteiger charge is -2.13. The van der Waals surface area contributed by atoms with Gasteiger partial charge in [-0.05, 0) is 50.2 Å². The van der Waals surface area contributed by atoms with Crippen LogP contribution in [0.2, 0.25) is 0 Å². The predicted octanol–water partition coefficient (Wildman–Crippen LogP) is 4.34. The Morgan fingerprint density at radius 1 is 0.912 bits per heavy atom. The van der Waals surface area contributed by atoms with Crippen LogP contribution in [0.15, 0.2) is 47.3 Å². The van der Waals surface area contributed by atoms with Crippen LogP contribution < -0.4 is 14.8 Å². The summed E-state index contributed by atoms with van der Waals surface area (Å²) in [7, 11) is 1.47. The minimum atomic E-state index is -0.618. The number of carbonyl (C=O) groups is 3. The van der Waals surface area contributed by atoms with Gasteiger partial charge in [-0.1, -0.05) is 0 Å². The zero-order valence-corrected chi connectivity index (χ0v) is 19.8. The van der Waals surface area contributed by atoms with E-state index in [-0.39, 0.29) is 42.2 Å². The summed E-state index contributed by atoms with van der Waals surface area (Å²) in [5.41, 5.74) is 3.26. The number of thiazole rings is 1. The quantitative estimate of drug-likeness (QED) is 0.423. The summed E-state index contributed by atoms with van der Waals surface area (Å²) in [6.45, 7) is 3.95. The number of anilines is 1. The van der Waals surface area contributed by atoms with Crippen molar-refractivity contribution >= 4 is 34.9 Å². The molecule has 0 fully saturated rings. The van der Waals surface area contributed by atoms with E-state index in [9.17, 15) is 14.4 Å². The van der Waals surface area contributed by atoms with Gasteiger partial charge in [-0.25, -0.2) is 14.6 Å². The number of benzene rings is 2. The molecule has 0 bridgehead atoms. The van der Waals surface area contributed by atoms with Crippen LogP contribution in [-0.2, 0) is 16.1 Å². The normalized spacial score (nSPS) is 10.3. The molecule has 1 amide bonds. The number of rotatable bonds is 10. The van der Waals surface area contributed by atoms with Crippen molar-refractivity contribution in [3.63, 3.8) is 0 Å². The molecule has 1 N–H and O–H groups in total. The summed E-state index contributed by atoms with van der Waals surface area (Å²) < 4.78 is 21.2. The smallest absolute Gasteiger partial charge is 0.338 e. The van der Waals surface area contributed by atoms with Gasteiger partial charge in [-0.3, -0.25) is 4.79 Å². The summed E-state index contributed by atoms with van der Waals surface area (Å²) in [4.78, 5) is 41.5. The van der Waals surface area contributed by atoms with Gasteiger partial charge in [-0.15, -0.1) is 11.3 Å². The monoisotopic (exact) mass is 484 g/mol. The average molecular weight is 485 g/mol. The van der Waals surface area contributed by atoms with E-state index in [0.29, 0.717) is 11.5 Å². The van der Waals surface area contributed by atoms with Gasteiger partial charge in [0, 0.05) is 16.6 Å². The molecule has 34 heavy (non-hydrogen) atoms. The maximum Gasteiger partial charge on any atom is 0.338 e. The molecule has 3 aromatic rings. The van der Waals surface area contributed by atoms with Crippen molar-refractivity contribution in [3.8, 4) is 11.5 Å². The van der Waals surface area contributed by atoms with Crippen LogP contribution in [0.1, 0.15) is 50.6 Å². The first-order chi connectivity index (χ1) is 16.4. The van der Waals surface area contributed by atoms with Gasteiger partial charge in [-0.2, -0.15) is 0 Å². The topological polar surface area (TPSA) is 113 Å². The molecule has 0 aliphatic rings. The first kappa shape index (κ1) is 24.7. The molecule has 10 heteroatoms. The summed E-state index contributed by atoms with van der Waals surface area (Å²) in [6.07, 6.45) is 0. The third-order valence-electron chi connectivity index (χ3n) is 4.50. The Hall–Kier alpha value is -3.92. The van der Waals surface area contributed by atoms with Crippen molar-refractivity contribution in [2.45, 2.75) is 20.5 Å². The number of methoxy groups -OCH3 is 1. The molecule has 0 saturated carbocycles. The lowest BCUT2D eigenvalue weighted by atomic mass is 10.1. The van der Waals surface area contributed by atoms with Gasteiger partial charge in [0.1, 0.15) is 6.61 Å². The number of amides is 1. The number of nitrogens with zero attached hydrogens (tertiary/aromatic N) is 1. The van der Waals surface area contributed by atoms with Gasteiger partial charge in [0.05, 0.1) is 42.7 Å². The Morgan fingerprint density at radius 2 is 1.59 bits per heavy atom. The molecule has 1 aromatic heterocycles. The first-order valence-corrected chi connectivity index (χ1v) is 11.4. The second-order valence-electron chi connectivity index (χ2n) is 6.83. The first-order valence-electron chi connectivity index (χ1n) is 10.4. The van der Waals surface area contributed by atoms with Gasteiger partial charge in [0.15, 0.2) is 11.5 Å². The fraction of sp³-hybridized carbons (Fsp3) is 0.250. The van der Waals surface area contributed by atoms with Crippen molar-refractivity contribution in [3.05, 3.63) is 69.7 Å². The maximum absolute atomic E-state index is 12.9. The van der Waals surface area contributed by atoms with Crippen LogP contribution in [0.25, 0.3) is 0 Å². The zero-order chi connectivity index (χ0) is 24.5. The second kappa shape index (κ2) is 11.8. The van der Waals surface area contributed by atoms with E-state index in [0.717, 1.165) is 5.69 Å². The van der Waals surface area contributed by atoms with Crippen molar-refractivity contribution in [1.82, 2.24) is 4.98 Å². The van der Waals surface area contributed by atoms with Gasteiger partial charge in [0.2, 0.25) is 0 Å². The number of esters is 2. The predicted molar refractivity (Wildman–Crippen MR) is 126 cm³/mol. The molecule has 0 unspecified atom stereocenters. The highest BCUT2D eigenvalue weighted by Crippen LogP contribution is 2.29. The van der Waals surface area contributed by atoms with Crippen LogP contribution in [0, 0.1) is 0 Å². The Labute approximate surface area is 200 Å².